The van der Waals surface area contributed by atoms with E-state index in [0.29, 0.717) is 6.42 Å². The van der Waals surface area contributed by atoms with E-state index in [-0.39, 0.29) is 24.7 Å². The van der Waals surface area contributed by atoms with Gasteiger partial charge >= 0.3 is 5.97 Å². The Morgan fingerprint density at radius 1 is 0.489 bits per heavy atom. The number of unbranched alkanes of at least 4 members (excludes halogenated alkanes) is 12. The Labute approximate surface area is 283 Å². The Kier molecular flexibility index (Phi) is 24.1. The van der Waals surface area contributed by atoms with Crippen LogP contribution in [0.5, 0.6) is 0 Å². The molecule has 0 rings (SSSR count). The van der Waals surface area contributed by atoms with Gasteiger partial charge < -0.3 is 31.7 Å². The SMILES string of the molecule is CCCCCCCCCCCCCCCC(=O)N[C@H](C(=O)N[C@@H](C)C(=O)N[C@@H](C)C(=O)N[C@@H](C)C(=O)N[C@H](C)CCC(=O)O)C(C)C. The number of carbonyl (C=O) groups is 6. The van der Waals surface area contributed by atoms with Crippen LogP contribution in [0.4, 0.5) is 0 Å². The summed E-state index contributed by atoms with van der Waals surface area (Å²) in [6.45, 7) is 12.0. The van der Waals surface area contributed by atoms with E-state index in [1.807, 2.05) is 13.8 Å². The lowest BCUT2D eigenvalue weighted by Gasteiger charge is -2.25. The number of carbonyl (C=O) groups excluding carboxylic acids is 5. The van der Waals surface area contributed by atoms with Crippen molar-refractivity contribution in [3.63, 3.8) is 0 Å². The molecule has 0 radical (unpaired) electrons. The van der Waals surface area contributed by atoms with Gasteiger partial charge in [0.15, 0.2) is 0 Å². The molecule has 0 bridgehead atoms. The summed E-state index contributed by atoms with van der Waals surface area (Å²) >= 11 is 0. The van der Waals surface area contributed by atoms with Crippen LogP contribution in [-0.4, -0.2) is 70.8 Å². The molecule has 272 valence electrons. The van der Waals surface area contributed by atoms with Gasteiger partial charge in [-0.05, 0) is 46.5 Å². The van der Waals surface area contributed by atoms with Crippen LogP contribution in [0.25, 0.3) is 0 Å². The molecule has 0 aromatic carbocycles. The number of carboxylic acid groups (broad SMARTS) is 1. The Bertz CT molecular complexity index is 959. The van der Waals surface area contributed by atoms with Crippen molar-refractivity contribution in [1.82, 2.24) is 26.6 Å². The third kappa shape index (κ3) is 22.1. The molecule has 0 aromatic heterocycles. The zero-order valence-corrected chi connectivity index (χ0v) is 30.2. The maximum atomic E-state index is 13.0. The molecule has 5 amide bonds. The van der Waals surface area contributed by atoms with Gasteiger partial charge in [-0.25, -0.2) is 0 Å². The lowest BCUT2D eigenvalue weighted by Crippen LogP contribution is -2.57. The van der Waals surface area contributed by atoms with Crippen molar-refractivity contribution in [2.45, 2.75) is 181 Å². The number of carboxylic acids is 1. The normalized spacial score (nSPS) is 14.3. The predicted molar refractivity (Wildman–Crippen MR) is 184 cm³/mol. The van der Waals surface area contributed by atoms with Crippen LogP contribution in [0.1, 0.15) is 151 Å². The van der Waals surface area contributed by atoms with Crippen molar-refractivity contribution in [2.24, 2.45) is 5.92 Å². The zero-order chi connectivity index (χ0) is 35.8. The molecule has 0 fully saturated rings. The number of amides is 5. The monoisotopic (exact) mass is 667 g/mol. The Morgan fingerprint density at radius 3 is 1.28 bits per heavy atom. The van der Waals surface area contributed by atoms with Crippen molar-refractivity contribution in [3.05, 3.63) is 0 Å². The van der Waals surface area contributed by atoms with Gasteiger partial charge in [0.2, 0.25) is 29.5 Å². The van der Waals surface area contributed by atoms with E-state index in [1.54, 1.807) is 6.92 Å². The molecule has 0 aliphatic heterocycles. The molecule has 47 heavy (non-hydrogen) atoms. The molecule has 12 heteroatoms. The molecule has 0 saturated heterocycles. The molecule has 0 aliphatic rings. The highest BCUT2D eigenvalue weighted by molar-refractivity contribution is 5.95. The van der Waals surface area contributed by atoms with E-state index in [0.717, 1.165) is 19.3 Å². The first-order chi connectivity index (χ1) is 22.2. The molecular weight excluding hydrogens is 602 g/mol. The lowest BCUT2D eigenvalue weighted by molar-refractivity contribution is -0.137. The summed E-state index contributed by atoms with van der Waals surface area (Å²) in [4.78, 5) is 73.9. The summed E-state index contributed by atoms with van der Waals surface area (Å²) in [5.41, 5.74) is 0. The molecule has 0 spiro atoms. The second-order valence-electron chi connectivity index (χ2n) is 13.3. The van der Waals surface area contributed by atoms with Crippen molar-refractivity contribution in [2.75, 3.05) is 0 Å². The summed E-state index contributed by atoms with van der Waals surface area (Å²) in [7, 11) is 0. The molecule has 5 atom stereocenters. The standard InChI is InChI=1S/C35H65N5O7/c1-8-9-10-11-12-13-14-15-16-17-18-19-20-21-29(41)40-31(24(2)3)35(47)39-28(7)34(46)38-27(6)33(45)37-26(5)32(44)36-25(4)22-23-30(42)43/h24-28,31H,8-23H2,1-7H3,(H,36,44)(H,37,45)(H,38,46)(H,39,47)(H,40,41)(H,42,43)/t25-,26+,27+,28+,31+/m1/s1. The number of aliphatic carboxylic acids is 1. The van der Waals surface area contributed by atoms with Crippen LogP contribution in [0, 0.1) is 5.92 Å². The maximum Gasteiger partial charge on any atom is 0.303 e. The summed E-state index contributed by atoms with van der Waals surface area (Å²) < 4.78 is 0. The molecule has 0 aromatic rings. The van der Waals surface area contributed by atoms with Gasteiger partial charge in [-0.3, -0.25) is 28.8 Å². The first kappa shape index (κ1) is 43.8. The summed E-state index contributed by atoms with van der Waals surface area (Å²) in [5.74, 6) is -3.53. The van der Waals surface area contributed by atoms with Gasteiger partial charge in [0.1, 0.15) is 24.2 Å². The minimum atomic E-state index is -0.998. The van der Waals surface area contributed by atoms with E-state index in [2.05, 4.69) is 33.5 Å². The number of nitrogens with one attached hydrogen (secondary N) is 5. The van der Waals surface area contributed by atoms with E-state index >= 15 is 0 Å². The van der Waals surface area contributed by atoms with Crippen molar-refractivity contribution >= 4 is 35.5 Å². The minimum absolute atomic E-state index is 0.0935. The highest BCUT2D eigenvalue weighted by Gasteiger charge is 2.28. The third-order valence-corrected chi connectivity index (χ3v) is 8.21. The van der Waals surface area contributed by atoms with E-state index in [9.17, 15) is 28.8 Å². The van der Waals surface area contributed by atoms with E-state index < -0.39 is 59.8 Å². The molecule has 0 aliphatic carbocycles. The smallest absolute Gasteiger partial charge is 0.303 e. The number of hydrogen-bond acceptors (Lipinski definition) is 6. The highest BCUT2D eigenvalue weighted by atomic mass is 16.4. The fourth-order valence-corrected chi connectivity index (χ4v) is 5.04. The van der Waals surface area contributed by atoms with Gasteiger partial charge in [0.25, 0.3) is 0 Å². The van der Waals surface area contributed by atoms with Crippen LogP contribution in [-0.2, 0) is 28.8 Å². The fraction of sp³-hybridized carbons (Fsp3) is 0.829. The van der Waals surface area contributed by atoms with Crippen LogP contribution >= 0.6 is 0 Å². The Morgan fingerprint density at radius 2 is 0.872 bits per heavy atom. The minimum Gasteiger partial charge on any atom is -0.481 e. The van der Waals surface area contributed by atoms with E-state index in [4.69, 9.17) is 5.11 Å². The molecular formula is C35H65N5O7. The van der Waals surface area contributed by atoms with Gasteiger partial charge in [0, 0.05) is 18.9 Å². The Hall–Kier alpha value is -3.18. The lowest BCUT2D eigenvalue weighted by atomic mass is 10.0. The molecule has 6 N–H and O–H groups in total. The van der Waals surface area contributed by atoms with Crippen LogP contribution in [0.15, 0.2) is 0 Å². The molecule has 0 saturated carbocycles. The predicted octanol–water partition coefficient (Wildman–Crippen LogP) is 4.49. The first-order valence-corrected chi connectivity index (χ1v) is 17.9. The maximum absolute atomic E-state index is 13.0. The molecule has 12 nitrogen and oxygen atoms in total. The fourth-order valence-electron chi connectivity index (χ4n) is 5.04. The van der Waals surface area contributed by atoms with Gasteiger partial charge in [0.05, 0.1) is 0 Å². The van der Waals surface area contributed by atoms with Crippen LogP contribution in [0.3, 0.4) is 0 Å². The largest absolute Gasteiger partial charge is 0.481 e. The summed E-state index contributed by atoms with van der Waals surface area (Å²) in [5, 5.41) is 21.9. The topological polar surface area (TPSA) is 183 Å². The average molecular weight is 668 g/mol. The highest BCUT2D eigenvalue weighted by Crippen LogP contribution is 2.13. The Balaban J connectivity index is 4.45. The zero-order valence-electron chi connectivity index (χ0n) is 30.2. The number of hydrogen-bond donors (Lipinski definition) is 6. The summed E-state index contributed by atoms with van der Waals surface area (Å²) in [6.07, 6.45) is 16.3. The second kappa shape index (κ2) is 25.9. The van der Waals surface area contributed by atoms with Gasteiger partial charge in [-0.2, -0.15) is 0 Å². The van der Waals surface area contributed by atoms with E-state index in [1.165, 1.54) is 85.0 Å². The van der Waals surface area contributed by atoms with Gasteiger partial charge in [-0.15, -0.1) is 0 Å². The van der Waals surface area contributed by atoms with Crippen molar-refractivity contribution < 1.29 is 33.9 Å². The second-order valence-corrected chi connectivity index (χ2v) is 13.3. The van der Waals surface area contributed by atoms with Gasteiger partial charge in [-0.1, -0.05) is 97.8 Å². The van der Waals surface area contributed by atoms with Crippen molar-refractivity contribution in [1.29, 1.82) is 0 Å². The van der Waals surface area contributed by atoms with Crippen LogP contribution in [0.2, 0.25) is 0 Å². The van der Waals surface area contributed by atoms with Crippen LogP contribution < -0.4 is 26.6 Å². The number of rotatable bonds is 27. The third-order valence-electron chi connectivity index (χ3n) is 8.21. The average Bonchev–Trinajstić information content (AvgIpc) is 3.00. The first-order valence-electron chi connectivity index (χ1n) is 17.9. The molecule has 0 heterocycles. The summed E-state index contributed by atoms with van der Waals surface area (Å²) in [6, 6.07) is -4.09. The van der Waals surface area contributed by atoms with Crippen molar-refractivity contribution in [3.8, 4) is 0 Å². The quantitative estimate of drug-likeness (QED) is 0.0698. The molecule has 0 unspecified atom stereocenters.